The number of anilines is 1. The Bertz CT molecular complexity index is 1320. The third-order valence-electron chi connectivity index (χ3n) is 5.61. The molecule has 4 N–H and O–H groups in total. The van der Waals surface area contributed by atoms with Crippen LogP contribution in [-0.2, 0) is 21.0 Å². The van der Waals surface area contributed by atoms with E-state index in [1.807, 2.05) is 37.3 Å². The Morgan fingerprint density at radius 1 is 1.19 bits per heavy atom. The van der Waals surface area contributed by atoms with E-state index >= 15 is 0 Å². The van der Waals surface area contributed by atoms with Crippen molar-refractivity contribution >= 4 is 42.6 Å². The Labute approximate surface area is 222 Å². The van der Waals surface area contributed by atoms with Gasteiger partial charge in [0.1, 0.15) is 5.60 Å². The predicted octanol–water partition coefficient (Wildman–Crippen LogP) is 4.17. The van der Waals surface area contributed by atoms with Gasteiger partial charge in [0, 0.05) is 6.54 Å². The van der Waals surface area contributed by atoms with Crippen molar-refractivity contribution in [2.24, 2.45) is 0 Å². The number of ether oxygens (including phenoxy) is 1. The third-order valence-corrected chi connectivity index (χ3v) is 8.43. The molecule has 0 spiro atoms. The number of amides is 1. The number of carbonyl (C=O) groups excluding carboxylic acids is 1. The van der Waals surface area contributed by atoms with Crippen molar-refractivity contribution in [2.45, 2.75) is 69.6 Å². The van der Waals surface area contributed by atoms with E-state index in [0.717, 1.165) is 5.56 Å². The first-order valence-corrected chi connectivity index (χ1v) is 14.6. The van der Waals surface area contributed by atoms with Crippen LogP contribution in [-0.4, -0.2) is 59.2 Å². The van der Waals surface area contributed by atoms with E-state index in [-0.39, 0.29) is 17.5 Å². The van der Waals surface area contributed by atoms with Crippen LogP contribution in [0.4, 0.5) is 9.93 Å². The monoisotopic (exact) mass is 548 g/mol. The van der Waals surface area contributed by atoms with Crippen molar-refractivity contribution in [1.29, 1.82) is 0 Å². The first-order chi connectivity index (χ1) is 17.2. The molecule has 2 atom stereocenters. The normalized spacial score (nSPS) is 14.8. The van der Waals surface area contributed by atoms with Gasteiger partial charge in [-0.05, 0) is 64.3 Å². The van der Waals surface area contributed by atoms with Gasteiger partial charge in [0.2, 0.25) is 0 Å². The smallest absolute Gasteiger partial charge is 0.425 e. The first-order valence-electron chi connectivity index (χ1n) is 12.1. The SMILES string of the molecule is CC[C@@H](Cc1ccccc1)N(NC[C@@](C)(O)CS(=O)(=O)c1ccc2nc(N)sc2c1)C(=O)OC(C)(C)C. The van der Waals surface area contributed by atoms with E-state index in [9.17, 15) is 18.3 Å². The summed E-state index contributed by atoms with van der Waals surface area (Å²) in [5.41, 5.74) is 7.95. The number of nitrogen functional groups attached to an aromatic ring is 1. The molecule has 2 aromatic carbocycles. The van der Waals surface area contributed by atoms with Crippen molar-refractivity contribution < 1.29 is 23.1 Å². The topological polar surface area (TPSA) is 135 Å². The summed E-state index contributed by atoms with van der Waals surface area (Å²) in [5.74, 6) is -0.551. The van der Waals surface area contributed by atoms with Crippen LogP contribution in [0.2, 0.25) is 0 Å². The van der Waals surface area contributed by atoms with Crippen molar-refractivity contribution in [3.05, 3.63) is 54.1 Å². The lowest BCUT2D eigenvalue weighted by molar-refractivity contribution is -0.0111. The average Bonchev–Trinajstić information content (AvgIpc) is 3.16. The molecule has 0 aliphatic heterocycles. The van der Waals surface area contributed by atoms with Crippen LogP contribution in [0.1, 0.15) is 46.6 Å². The van der Waals surface area contributed by atoms with Gasteiger partial charge in [-0.15, -0.1) is 0 Å². The lowest BCUT2D eigenvalue weighted by atomic mass is 10.0. The molecule has 0 unspecified atom stereocenters. The number of aromatic nitrogens is 1. The highest BCUT2D eigenvalue weighted by Crippen LogP contribution is 2.27. The van der Waals surface area contributed by atoms with E-state index in [2.05, 4.69) is 10.4 Å². The zero-order valence-corrected chi connectivity index (χ0v) is 23.5. The fourth-order valence-corrected chi connectivity index (χ4v) is 6.38. The number of benzene rings is 2. The standard InChI is InChI=1S/C26H36N4O5S2/c1-6-19(14-18-10-8-7-9-11-18)30(24(31)35-25(2,3)4)28-16-26(5,32)17-37(33,34)20-12-13-21-22(15-20)36-23(27)29-21/h7-13,15,19,28,32H,6,14,16-17H2,1-5H3,(H2,27,29)/t19-,26+/m0/s1. The van der Waals surface area contributed by atoms with Gasteiger partial charge in [-0.25, -0.2) is 28.6 Å². The highest BCUT2D eigenvalue weighted by Gasteiger charge is 2.34. The quantitative estimate of drug-likeness (QED) is 0.321. The molecule has 202 valence electrons. The van der Waals surface area contributed by atoms with Crippen LogP contribution in [0.15, 0.2) is 53.4 Å². The Hall–Kier alpha value is -2.73. The molecule has 0 bridgehead atoms. The molecule has 0 aliphatic carbocycles. The van der Waals surface area contributed by atoms with E-state index in [1.54, 1.807) is 26.8 Å². The largest absolute Gasteiger partial charge is 0.443 e. The van der Waals surface area contributed by atoms with Crippen molar-refractivity contribution in [3.8, 4) is 0 Å². The maximum absolute atomic E-state index is 13.2. The van der Waals surface area contributed by atoms with Crippen LogP contribution in [0.25, 0.3) is 10.2 Å². The number of hydrogen-bond acceptors (Lipinski definition) is 9. The van der Waals surface area contributed by atoms with E-state index in [0.29, 0.717) is 28.2 Å². The minimum Gasteiger partial charge on any atom is -0.443 e. The summed E-state index contributed by atoms with van der Waals surface area (Å²) >= 11 is 1.20. The second-order valence-electron chi connectivity index (χ2n) is 10.4. The molecule has 1 aromatic heterocycles. The lowest BCUT2D eigenvalue weighted by Gasteiger charge is -2.35. The average molecular weight is 549 g/mol. The summed E-state index contributed by atoms with van der Waals surface area (Å²) < 4.78 is 32.6. The number of nitrogens with one attached hydrogen (secondary N) is 1. The number of nitrogens with two attached hydrogens (primary N) is 1. The second-order valence-corrected chi connectivity index (χ2v) is 13.4. The third kappa shape index (κ3) is 8.13. The molecule has 11 heteroatoms. The van der Waals surface area contributed by atoms with Crippen LogP contribution in [0, 0.1) is 0 Å². The van der Waals surface area contributed by atoms with Crippen LogP contribution >= 0.6 is 11.3 Å². The van der Waals surface area contributed by atoms with Crippen molar-refractivity contribution in [1.82, 2.24) is 15.4 Å². The first kappa shape index (κ1) is 28.8. The van der Waals surface area contributed by atoms with Crippen LogP contribution in [0.3, 0.4) is 0 Å². The molecule has 3 rings (SSSR count). The molecule has 0 saturated heterocycles. The number of hydrazine groups is 1. The molecule has 9 nitrogen and oxygen atoms in total. The number of sulfone groups is 1. The summed E-state index contributed by atoms with van der Waals surface area (Å²) in [5, 5.41) is 12.8. The summed E-state index contributed by atoms with van der Waals surface area (Å²) in [6.45, 7) is 8.52. The highest BCUT2D eigenvalue weighted by molar-refractivity contribution is 7.91. The summed E-state index contributed by atoms with van der Waals surface area (Å²) in [7, 11) is -3.86. The number of nitrogens with zero attached hydrogens (tertiary/aromatic N) is 2. The lowest BCUT2D eigenvalue weighted by Crippen LogP contribution is -2.56. The van der Waals surface area contributed by atoms with Gasteiger partial charge in [-0.3, -0.25) is 0 Å². The number of fused-ring (bicyclic) bond motifs is 1. The van der Waals surface area contributed by atoms with E-state index in [1.165, 1.54) is 35.4 Å². The van der Waals surface area contributed by atoms with Crippen LogP contribution in [0.5, 0.6) is 0 Å². The Kier molecular flexibility index (Phi) is 8.84. The molecule has 37 heavy (non-hydrogen) atoms. The molecular weight excluding hydrogens is 512 g/mol. The fourth-order valence-electron chi connectivity index (χ4n) is 3.87. The fraction of sp³-hybridized carbons (Fsp3) is 0.462. The molecule has 0 radical (unpaired) electrons. The van der Waals surface area contributed by atoms with Gasteiger partial charge in [0.05, 0.1) is 32.5 Å². The Balaban J connectivity index is 1.78. The highest BCUT2D eigenvalue weighted by atomic mass is 32.2. The summed E-state index contributed by atoms with van der Waals surface area (Å²) in [6.07, 6.45) is 0.573. The van der Waals surface area contributed by atoms with Crippen LogP contribution < -0.4 is 11.2 Å². The van der Waals surface area contributed by atoms with Gasteiger partial charge in [0.15, 0.2) is 15.0 Å². The molecule has 1 heterocycles. The maximum Gasteiger partial charge on any atom is 0.425 e. The second kappa shape index (κ2) is 11.3. The number of aliphatic hydroxyl groups is 1. The summed E-state index contributed by atoms with van der Waals surface area (Å²) in [6, 6.07) is 14.0. The van der Waals surface area contributed by atoms with Gasteiger partial charge in [-0.1, -0.05) is 48.6 Å². The number of carbonyl (C=O) groups is 1. The molecule has 0 saturated carbocycles. The predicted molar refractivity (Wildman–Crippen MR) is 147 cm³/mol. The minimum atomic E-state index is -3.86. The number of hydrogen-bond donors (Lipinski definition) is 3. The van der Waals surface area contributed by atoms with Gasteiger partial charge >= 0.3 is 6.09 Å². The zero-order chi connectivity index (χ0) is 27.4. The van der Waals surface area contributed by atoms with E-state index in [4.69, 9.17) is 10.5 Å². The van der Waals surface area contributed by atoms with Gasteiger partial charge < -0.3 is 15.6 Å². The van der Waals surface area contributed by atoms with Crippen molar-refractivity contribution in [2.75, 3.05) is 18.0 Å². The molecule has 0 fully saturated rings. The molecular formula is C26H36N4O5S2. The number of rotatable bonds is 10. The number of thiazole rings is 1. The maximum atomic E-state index is 13.2. The van der Waals surface area contributed by atoms with Gasteiger partial charge in [-0.2, -0.15) is 0 Å². The molecule has 3 aromatic rings. The molecule has 0 aliphatic rings. The minimum absolute atomic E-state index is 0.0726. The van der Waals surface area contributed by atoms with Gasteiger partial charge in [0.25, 0.3) is 0 Å². The summed E-state index contributed by atoms with van der Waals surface area (Å²) in [4.78, 5) is 17.3. The Morgan fingerprint density at radius 2 is 1.86 bits per heavy atom. The van der Waals surface area contributed by atoms with Crippen molar-refractivity contribution in [3.63, 3.8) is 0 Å². The zero-order valence-electron chi connectivity index (χ0n) is 21.9. The molecule has 1 amide bonds. The van der Waals surface area contributed by atoms with E-state index < -0.39 is 32.9 Å². The Morgan fingerprint density at radius 3 is 2.49 bits per heavy atom.